The molecule has 2 aliphatic rings. The maximum Gasteiger partial charge on any atom is 0.294 e. The number of nitrogens with zero attached hydrogens (tertiary/aromatic N) is 1. The Hall–Kier alpha value is -3.94. The molecule has 0 bridgehead atoms. The summed E-state index contributed by atoms with van der Waals surface area (Å²) in [5, 5.41) is 3.21. The summed E-state index contributed by atoms with van der Waals surface area (Å²) < 4.78 is 22.1. The highest BCUT2D eigenvalue weighted by molar-refractivity contribution is 6.08. The van der Waals surface area contributed by atoms with Crippen molar-refractivity contribution in [2.24, 2.45) is 0 Å². The third-order valence-corrected chi connectivity index (χ3v) is 6.55. The molecule has 36 heavy (non-hydrogen) atoms. The molecule has 1 N–H and O–H groups in total. The first-order chi connectivity index (χ1) is 17.6. The Morgan fingerprint density at radius 1 is 1.03 bits per heavy atom. The third-order valence-electron chi connectivity index (χ3n) is 6.55. The SMILES string of the molecule is CCOc1ccc(C(C(=O)NC2CCCCC2)N(C(=O)c2ccco2)c2ccc3c(c2)OCO3)cc1. The number of hydrogen-bond acceptors (Lipinski definition) is 6. The molecule has 2 aromatic carbocycles. The predicted molar refractivity (Wildman–Crippen MR) is 133 cm³/mol. The van der Waals surface area contributed by atoms with Crippen LogP contribution in [-0.4, -0.2) is 31.3 Å². The van der Waals surface area contributed by atoms with E-state index in [0.717, 1.165) is 25.7 Å². The molecule has 5 rings (SSSR count). The van der Waals surface area contributed by atoms with Gasteiger partial charge in [0.2, 0.25) is 12.7 Å². The van der Waals surface area contributed by atoms with Crippen LogP contribution >= 0.6 is 0 Å². The van der Waals surface area contributed by atoms with Crippen LogP contribution in [0.25, 0.3) is 0 Å². The molecule has 1 unspecified atom stereocenters. The number of furan rings is 1. The van der Waals surface area contributed by atoms with Crippen molar-refractivity contribution < 1.29 is 28.2 Å². The van der Waals surface area contributed by atoms with Crippen LogP contribution in [0.2, 0.25) is 0 Å². The van der Waals surface area contributed by atoms with E-state index in [1.54, 1.807) is 30.3 Å². The van der Waals surface area contributed by atoms with E-state index in [1.165, 1.54) is 17.6 Å². The minimum absolute atomic E-state index is 0.0776. The minimum Gasteiger partial charge on any atom is -0.494 e. The van der Waals surface area contributed by atoms with Crippen LogP contribution in [0.4, 0.5) is 5.69 Å². The Balaban J connectivity index is 1.57. The van der Waals surface area contributed by atoms with Gasteiger partial charge in [0.25, 0.3) is 5.91 Å². The molecule has 8 heteroatoms. The number of fused-ring (bicyclic) bond motifs is 1. The van der Waals surface area contributed by atoms with Crippen molar-refractivity contribution in [2.45, 2.75) is 51.1 Å². The molecule has 0 spiro atoms. The lowest BCUT2D eigenvalue weighted by Crippen LogP contribution is -2.47. The normalized spacial score (nSPS) is 15.8. The highest BCUT2D eigenvalue weighted by Crippen LogP contribution is 2.39. The highest BCUT2D eigenvalue weighted by Gasteiger charge is 2.36. The lowest BCUT2D eigenvalue weighted by Gasteiger charge is -2.33. The Morgan fingerprint density at radius 2 is 1.81 bits per heavy atom. The summed E-state index contributed by atoms with van der Waals surface area (Å²) in [5.41, 5.74) is 1.16. The fourth-order valence-electron chi connectivity index (χ4n) is 4.80. The van der Waals surface area contributed by atoms with Gasteiger partial charge < -0.3 is 23.9 Å². The van der Waals surface area contributed by atoms with Crippen molar-refractivity contribution in [2.75, 3.05) is 18.3 Å². The van der Waals surface area contributed by atoms with Gasteiger partial charge >= 0.3 is 0 Å². The zero-order chi connectivity index (χ0) is 24.9. The van der Waals surface area contributed by atoms with Gasteiger partial charge in [-0.05, 0) is 61.7 Å². The fourth-order valence-corrected chi connectivity index (χ4v) is 4.80. The summed E-state index contributed by atoms with van der Waals surface area (Å²) >= 11 is 0. The number of benzene rings is 2. The van der Waals surface area contributed by atoms with Crippen molar-refractivity contribution in [1.29, 1.82) is 0 Å². The lowest BCUT2D eigenvalue weighted by atomic mass is 9.94. The van der Waals surface area contributed by atoms with Crippen LogP contribution in [-0.2, 0) is 4.79 Å². The van der Waals surface area contributed by atoms with Gasteiger partial charge in [-0.2, -0.15) is 0 Å². The number of nitrogens with one attached hydrogen (secondary N) is 1. The third kappa shape index (κ3) is 5.03. The summed E-state index contributed by atoms with van der Waals surface area (Å²) in [6.45, 7) is 2.55. The topological polar surface area (TPSA) is 90.2 Å². The standard InChI is InChI=1S/C28H30N2O6/c1-2-33-22-13-10-19(11-14-22)26(27(31)29-20-7-4-3-5-8-20)30(28(32)24-9-6-16-34-24)21-12-15-23-25(17-21)36-18-35-23/h6,9-17,20,26H,2-5,7-8,18H2,1H3,(H,29,31). The number of amides is 2. The maximum atomic E-state index is 13.9. The van der Waals surface area contributed by atoms with Crippen molar-refractivity contribution in [3.63, 3.8) is 0 Å². The van der Waals surface area contributed by atoms with Crippen molar-refractivity contribution >= 4 is 17.5 Å². The van der Waals surface area contributed by atoms with E-state index < -0.39 is 11.9 Å². The van der Waals surface area contributed by atoms with Gasteiger partial charge in [-0.25, -0.2) is 0 Å². The summed E-state index contributed by atoms with van der Waals surface area (Å²) in [4.78, 5) is 29.2. The van der Waals surface area contributed by atoms with E-state index in [-0.39, 0.29) is 24.5 Å². The first-order valence-electron chi connectivity index (χ1n) is 12.4. The molecule has 0 saturated heterocycles. The van der Waals surface area contributed by atoms with Crippen LogP contribution in [0.3, 0.4) is 0 Å². The number of ether oxygens (including phenoxy) is 3. The molecular formula is C28H30N2O6. The smallest absolute Gasteiger partial charge is 0.294 e. The first-order valence-corrected chi connectivity index (χ1v) is 12.4. The number of carbonyl (C=O) groups is 2. The predicted octanol–water partition coefficient (Wildman–Crippen LogP) is 5.24. The zero-order valence-electron chi connectivity index (χ0n) is 20.3. The number of rotatable bonds is 8. The van der Waals surface area contributed by atoms with Crippen LogP contribution in [0, 0.1) is 0 Å². The van der Waals surface area contributed by atoms with Gasteiger partial charge in [0.05, 0.1) is 12.9 Å². The molecule has 188 valence electrons. The molecule has 1 atom stereocenters. The largest absolute Gasteiger partial charge is 0.494 e. The molecule has 0 radical (unpaired) electrons. The molecule has 1 saturated carbocycles. The van der Waals surface area contributed by atoms with Crippen LogP contribution in [0.15, 0.2) is 65.3 Å². The molecule has 3 aromatic rings. The molecule has 1 aliphatic carbocycles. The summed E-state index contributed by atoms with van der Waals surface area (Å²) in [7, 11) is 0. The zero-order valence-corrected chi connectivity index (χ0v) is 20.3. The highest BCUT2D eigenvalue weighted by atomic mass is 16.7. The van der Waals surface area contributed by atoms with Crippen molar-refractivity contribution in [3.05, 3.63) is 72.2 Å². The number of hydrogen-bond donors (Lipinski definition) is 1. The Morgan fingerprint density at radius 3 is 2.53 bits per heavy atom. The summed E-state index contributed by atoms with van der Waals surface area (Å²) in [6, 6.07) is 14.9. The fraction of sp³-hybridized carbons (Fsp3) is 0.357. The summed E-state index contributed by atoms with van der Waals surface area (Å²) in [5.74, 6) is 1.25. The second-order valence-corrected chi connectivity index (χ2v) is 8.94. The maximum absolute atomic E-state index is 13.9. The molecule has 1 aliphatic heterocycles. The molecule has 1 fully saturated rings. The van der Waals surface area contributed by atoms with Gasteiger partial charge in [0, 0.05) is 17.8 Å². The molecular weight excluding hydrogens is 460 g/mol. The Kier molecular flexibility index (Phi) is 7.11. The summed E-state index contributed by atoms with van der Waals surface area (Å²) in [6.07, 6.45) is 6.63. The van der Waals surface area contributed by atoms with Gasteiger partial charge in [0.1, 0.15) is 11.8 Å². The molecule has 2 heterocycles. The van der Waals surface area contributed by atoms with E-state index in [2.05, 4.69) is 5.32 Å². The Bertz CT molecular complexity index is 1190. The average Bonchev–Trinajstić information content (AvgIpc) is 3.60. The van der Waals surface area contributed by atoms with Gasteiger partial charge in [-0.1, -0.05) is 31.4 Å². The minimum atomic E-state index is -0.944. The van der Waals surface area contributed by atoms with E-state index in [9.17, 15) is 9.59 Å². The second-order valence-electron chi connectivity index (χ2n) is 8.94. The van der Waals surface area contributed by atoms with E-state index in [0.29, 0.717) is 35.1 Å². The molecule has 2 amide bonds. The molecule has 8 nitrogen and oxygen atoms in total. The Labute approximate surface area is 210 Å². The van der Waals surface area contributed by atoms with Crippen LogP contribution in [0.5, 0.6) is 17.2 Å². The van der Waals surface area contributed by atoms with Crippen LogP contribution in [0.1, 0.15) is 61.2 Å². The number of anilines is 1. The second kappa shape index (κ2) is 10.8. The van der Waals surface area contributed by atoms with Crippen molar-refractivity contribution in [3.8, 4) is 17.2 Å². The lowest BCUT2D eigenvalue weighted by molar-refractivity contribution is -0.123. The van der Waals surface area contributed by atoms with Gasteiger partial charge in [-0.15, -0.1) is 0 Å². The quantitative estimate of drug-likeness (QED) is 0.464. The van der Waals surface area contributed by atoms with Crippen molar-refractivity contribution in [1.82, 2.24) is 5.32 Å². The van der Waals surface area contributed by atoms with Gasteiger partial charge in [-0.3, -0.25) is 14.5 Å². The first kappa shape index (κ1) is 23.8. The van der Waals surface area contributed by atoms with E-state index in [4.69, 9.17) is 18.6 Å². The number of carbonyl (C=O) groups excluding carboxylic acids is 2. The van der Waals surface area contributed by atoms with E-state index >= 15 is 0 Å². The monoisotopic (exact) mass is 490 g/mol. The average molecular weight is 491 g/mol. The van der Waals surface area contributed by atoms with Gasteiger partial charge in [0.15, 0.2) is 17.3 Å². The van der Waals surface area contributed by atoms with Crippen LogP contribution < -0.4 is 24.4 Å². The molecule has 1 aromatic heterocycles. The van der Waals surface area contributed by atoms with E-state index in [1.807, 2.05) is 31.2 Å².